The largest absolute Gasteiger partial charge is 0.444 e. The summed E-state index contributed by atoms with van der Waals surface area (Å²) in [6.07, 6.45) is 1.36. The molecule has 0 saturated carbocycles. The monoisotopic (exact) mass is 555 g/mol. The van der Waals surface area contributed by atoms with Crippen LogP contribution in [0, 0.1) is 12.8 Å². The molecule has 0 aliphatic rings. The van der Waals surface area contributed by atoms with Crippen molar-refractivity contribution < 1.29 is 19.1 Å². The van der Waals surface area contributed by atoms with Crippen LogP contribution in [-0.2, 0) is 14.3 Å². The van der Waals surface area contributed by atoms with Crippen molar-refractivity contribution in [2.75, 3.05) is 5.32 Å². The third-order valence-electron chi connectivity index (χ3n) is 5.97. The van der Waals surface area contributed by atoms with Gasteiger partial charge in [-0.25, -0.2) is 4.79 Å². The first-order valence-electron chi connectivity index (χ1n) is 13.2. The minimum absolute atomic E-state index is 0.0880. The van der Waals surface area contributed by atoms with Crippen LogP contribution >= 0.6 is 11.6 Å². The van der Waals surface area contributed by atoms with Crippen molar-refractivity contribution in [3.05, 3.63) is 70.8 Å². The Morgan fingerprint density at radius 2 is 1.72 bits per heavy atom. The number of rotatable bonds is 10. The Bertz CT molecular complexity index is 1170. The van der Waals surface area contributed by atoms with Crippen LogP contribution in [0.1, 0.15) is 77.6 Å². The molecule has 0 aliphatic heterocycles. The number of anilines is 1. The van der Waals surface area contributed by atoms with E-state index in [1.165, 1.54) is 4.90 Å². The summed E-state index contributed by atoms with van der Waals surface area (Å²) in [5, 5.41) is 6.10. The van der Waals surface area contributed by atoms with Gasteiger partial charge in [0.25, 0.3) is 5.91 Å². The molecule has 0 saturated heterocycles. The molecule has 212 valence electrons. The molecule has 2 rings (SSSR count). The molecule has 0 fully saturated rings. The number of ether oxygens (including phenoxy) is 1. The quantitative estimate of drug-likeness (QED) is 0.326. The van der Waals surface area contributed by atoms with Crippen LogP contribution < -0.4 is 10.6 Å². The molecular weight excluding hydrogens is 514 g/mol. The average Bonchev–Trinajstić information content (AvgIpc) is 2.82. The SMILES string of the molecule is C=Cc1cccc(C(C(=O)Nc2c(C)cccc2Cl)N(C(=O)C(CC(C)C)NC(=O)OC(C)(C)C)C(C)C)c1. The van der Waals surface area contributed by atoms with Gasteiger partial charge in [0.1, 0.15) is 17.7 Å². The maximum atomic E-state index is 14.2. The number of carbonyl (C=O) groups is 3. The summed E-state index contributed by atoms with van der Waals surface area (Å²) >= 11 is 6.42. The highest BCUT2D eigenvalue weighted by Crippen LogP contribution is 2.31. The molecule has 0 aliphatic carbocycles. The van der Waals surface area contributed by atoms with Gasteiger partial charge in [-0.15, -0.1) is 0 Å². The summed E-state index contributed by atoms with van der Waals surface area (Å²) in [7, 11) is 0. The van der Waals surface area contributed by atoms with E-state index in [1.807, 2.05) is 58.9 Å². The smallest absolute Gasteiger partial charge is 0.408 e. The van der Waals surface area contributed by atoms with Crippen molar-refractivity contribution in [1.29, 1.82) is 0 Å². The van der Waals surface area contributed by atoms with Crippen molar-refractivity contribution >= 4 is 41.3 Å². The van der Waals surface area contributed by atoms with E-state index in [0.29, 0.717) is 22.7 Å². The van der Waals surface area contributed by atoms with Crippen LogP contribution in [0.5, 0.6) is 0 Å². The summed E-state index contributed by atoms with van der Waals surface area (Å²) < 4.78 is 5.44. The number of halogens is 1. The van der Waals surface area contributed by atoms with Gasteiger partial charge in [-0.05, 0) is 82.7 Å². The van der Waals surface area contributed by atoms with Crippen LogP contribution in [0.25, 0.3) is 6.08 Å². The van der Waals surface area contributed by atoms with E-state index >= 15 is 0 Å². The molecule has 8 heteroatoms. The zero-order valence-electron chi connectivity index (χ0n) is 24.3. The summed E-state index contributed by atoms with van der Waals surface area (Å²) in [5.74, 6) is -0.718. The molecule has 2 aromatic rings. The minimum atomic E-state index is -1.01. The van der Waals surface area contributed by atoms with E-state index in [0.717, 1.165) is 11.1 Å². The molecule has 0 aromatic heterocycles. The molecule has 0 heterocycles. The zero-order valence-corrected chi connectivity index (χ0v) is 25.1. The Morgan fingerprint density at radius 1 is 1.08 bits per heavy atom. The fourth-order valence-electron chi connectivity index (χ4n) is 4.28. The van der Waals surface area contributed by atoms with Crippen LogP contribution in [-0.4, -0.2) is 40.5 Å². The maximum Gasteiger partial charge on any atom is 0.408 e. The average molecular weight is 556 g/mol. The molecule has 0 radical (unpaired) electrons. The molecule has 39 heavy (non-hydrogen) atoms. The standard InChI is InChI=1S/C31H42ClN3O4/c1-10-22-14-12-15-23(18-22)27(28(36)34-26-21(6)13-11-16-24(26)32)35(20(4)5)29(37)25(17-19(2)3)33-30(38)39-31(7,8)9/h10-16,18-20,25,27H,1,17H2,2-9H3,(H,33,38)(H,34,36). The number of benzene rings is 2. The highest BCUT2D eigenvalue weighted by molar-refractivity contribution is 6.34. The van der Waals surface area contributed by atoms with E-state index in [9.17, 15) is 14.4 Å². The van der Waals surface area contributed by atoms with Gasteiger partial charge >= 0.3 is 6.09 Å². The van der Waals surface area contributed by atoms with Crippen LogP contribution in [0.2, 0.25) is 5.02 Å². The summed E-state index contributed by atoms with van der Waals surface area (Å²) in [6.45, 7) is 18.6. The Balaban J connectivity index is 2.60. The topological polar surface area (TPSA) is 87.7 Å². The molecule has 0 bridgehead atoms. The van der Waals surface area contributed by atoms with Crippen molar-refractivity contribution in [1.82, 2.24) is 10.2 Å². The van der Waals surface area contributed by atoms with Gasteiger partial charge in [0, 0.05) is 6.04 Å². The third kappa shape index (κ3) is 9.13. The number of alkyl carbamates (subject to hydrolysis) is 1. The second-order valence-electron chi connectivity index (χ2n) is 11.4. The molecule has 2 atom stereocenters. The highest BCUT2D eigenvalue weighted by atomic mass is 35.5. The summed E-state index contributed by atoms with van der Waals surface area (Å²) in [5.41, 5.74) is 1.96. The normalized spacial score (nSPS) is 13.0. The number of hydrogen-bond donors (Lipinski definition) is 2. The molecule has 2 aromatic carbocycles. The lowest BCUT2D eigenvalue weighted by molar-refractivity contribution is -0.143. The molecule has 7 nitrogen and oxygen atoms in total. The lowest BCUT2D eigenvalue weighted by Crippen LogP contribution is -2.54. The van der Waals surface area contributed by atoms with Crippen LogP contribution in [0.4, 0.5) is 10.5 Å². The number of amides is 3. The van der Waals surface area contributed by atoms with E-state index in [1.54, 1.807) is 45.0 Å². The predicted molar refractivity (Wildman–Crippen MR) is 159 cm³/mol. The van der Waals surface area contributed by atoms with Crippen molar-refractivity contribution in [2.24, 2.45) is 5.92 Å². The number of aryl methyl sites for hydroxylation is 1. The van der Waals surface area contributed by atoms with Gasteiger partial charge in [-0.1, -0.05) is 68.4 Å². The zero-order chi connectivity index (χ0) is 29.5. The van der Waals surface area contributed by atoms with Gasteiger partial charge in [0.05, 0.1) is 10.7 Å². The lowest BCUT2D eigenvalue weighted by atomic mass is 9.96. The Hall–Kier alpha value is -3.32. The molecular formula is C31H42ClN3O4. The van der Waals surface area contributed by atoms with Crippen molar-refractivity contribution in [3.63, 3.8) is 0 Å². The van der Waals surface area contributed by atoms with E-state index < -0.39 is 29.7 Å². The molecule has 0 spiro atoms. The van der Waals surface area contributed by atoms with Gasteiger partial charge in [-0.3, -0.25) is 9.59 Å². The Morgan fingerprint density at radius 3 is 2.26 bits per heavy atom. The van der Waals surface area contributed by atoms with Crippen LogP contribution in [0.3, 0.4) is 0 Å². The first-order valence-corrected chi connectivity index (χ1v) is 13.6. The first kappa shape index (κ1) is 31.9. The fraction of sp³-hybridized carbons (Fsp3) is 0.452. The molecule has 3 amide bonds. The number of carbonyl (C=O) groups excluding carboxylic acids is 3. The van der Waals surface area contributed by atoms with Gasteiger partial charge in [0.2, 0.25) is 5.91 Å². The maximum absolute atomic E-state index is 14.2. The highest BCUT2D eigenvalue weighted by Gasteiger charge is 2.38. The number of hydrogen-bond acceptors (Lipinski definition) is 4. The summed E-state index contributed by atoms with van der Waals surface area (Å²) in [4.78, 5) is 42.5. The fourth-order valence-corrected chi connectivity index (χ4v) is 4.55. The second kappa shape index (κ2) is 13.7. The Labute approximate surface area is 237 Å². The molecule has 2 unspecified atom stereocenters. The third-order valence-corrected chi connectivity index (χ3v) is 6.28. The van der Waals surface area contributed by atoms with Gasteiger partial charge in [-0.2, -0.15) is 0 Å². The molecule has 2 N–H and O–H groups in total. The Kier molecular flexibility index (Phi) is 11.2. The van der Waals surface area contributed by atoms with Crippen LogP contribution in [0.15, 0.2) is 49.0 Å². The number of para-hydroxylation sites is 1. The van der Waals surface area contributed by atoms with Crippen molar-refractivity contribution in [3.8, 4) is 0 Å². The number of nitrogens with one attached hydrogen (secondary N) is 2. The number of nitrogens with zero attached hydrogens (tertiary/aromatic N) is 1. The summed E-state index contributed by atoms with van der Waals surface area (Å²) in [6, 6.07) is 10.4. The minimum Gasteiger partial charge on any atom is -0.444 e. The first-order chi connectivity index (χ1) is 18.1. The van der Waals surface area contributed by atoms with Gasteiger partial charge in [0.15, 0.2) is 0 Å². The van der Waals surface area contributed by atoms with Gasteiger partial charge < -0.3 is 20.3 Å². The lowest BCUT2D eigenvalue weighted by Gasteiger charge is -2.37. The predicted octanol–water partition coefficient (Wildman–Crippen LogP) is 7.15. The second-order valence-corrected chi connectivity index (χ2v) is 11.8. The van der Waals surface area contributed by atoms with Crippen molar-refractivity contribution in [2.45, 2.75) is 85.5 Å². The van der Waals surface area contributed by atoms with E-state index in [-0.39, 0.29) is 17.9 Å². The van der Waals surface area contributed by atoms with E-state index in [4.69, 9.17) is 16.3 Å². The van der Waals surface area contributed by atoms with E-state index in [2.05, 4.69) is 17.2 Å².